The van der Waals surface area contributed by atoms with Gasteiger partial charge in [-0.1, -0.05) is 69.3 Å². The lowest BCUT2D eigenvalue weighted by molar-refractivity contribution is 0.251. The molecule has 0 fully saturated rings. The summed E-state index contributed by atoms with van der Waals surface area (Å²) in [5, 5.41) is 20.6. The maximum atomic E-state index is 13.4. The van der Waals surface area contributed by atoms with Gasteiger partial charge in [0, 0.05) is 34.7 Å². The topological polar surface area (TPSA) is 110 Å². The first-order chi connectivity index (χ1) is 22.4. The van der Waals surface area contributed by atoms with Crippen LogP contribution >= 0.6 is 11.8 Å². The predicted octanol–water partition coefficient (Wildman–Crippen LogP) is 7.32. The molecule has 0 saturated heterocycles. The Morgan fingerprint density at radius 2 is 1.64 bits per heavy atom. The molecule has 9 nitrogen and oxygen atoms in total. The van der Waals surface area contributed by atoms with E-state index in [4.69, 9.17) is 9.84 Å². The van der Waals surface area contributed by atoms with Gasteiger partial charge in [0.25, 0.3) is 5.56 Å². The van der Waals surface area contributed by atoms with Crippen molar-refractivity contribution >= 4 is 23.6 Å². The largest absolute Gasteiger partial charge is 0.508 e. The maximum absolute atomic E-state index is 13.4. The van der Waals surface area contributed by atoms with Gasteiger partial charge in [0.05, 0.1) is 23.5 Å². The monoisotopic (exact) mass is 651 g/mol. The molecule has 3 N–H and O–H groups in total. The molecule has 0 aliphatic carbocycles. The van der Waals surface area contributed by atoms with Gasteiger partial charge in [-0.15, -0.1) is 11.8 Å². The zero-order chi connectivity index (χ0) is 33.7. The van der Waals surface area contributed by atoms with Crippen molar-refractivity contribution in [3.8, 4) is 17.2 Å². The molecule has 5 rings (SSSR count). The first kappa shape index (κ1) is 33.4. The standard InChI is InChI=1S/C37H41N5O4S/c1-24-18-31(25(2)35(44)41(24)22-27-13-9-10-17-32(27)47-6)46-23-28-14-8-7-12-26(28)21-38-36(45)39-34-20-33(37(3,4)5)40-42(34)29-15-11-16-30(43)19-29/h7-20,43H,21-23H2,1-6H3,(H2,38,39,45). The molecule has 47 heavy (non-hydrogen) atoms. The number of urea groups is 1. The summed E-state index contributed by atoms with van der Waals surface area (Å²) in [4.78, 5) is 27.7. The first-order valence-electron chi connectivity index (χ1n) is 15.4. The summed E-state index contributed by atoms with van der Waals surface area (Å²) in [5.41, 5.74) is 5.32. The number of nitrogens with one attached hydrogen (secondary N) is 2. The fourth-order valence-electron chi connectivity index (χ4n) is 5.21. The fraction of sp³-hybridized carbons (Fsp3) is 0.270. The Morgan fingerprint density at radius 1 is 0.936 bits per heavy atom. The number of phenolic OH excluding ortho intramolecular Hbond substituents is 1. The summed E-state index contributed by atoms with van der Waals surface area (Å²) in [5.74, 6) is 1.12. The number of ether oxygens (including phenoxy) is 1. The van der Waals surface area contributed by atoms with Crippen molar-refractivity contribution in [1.29, 1.82) is 0 Å². The zero-order valence-corrected chi connectivity index (χ0v) is 28.4. The number of carbonyl (C=O) groups excluding carboxylic acids is 1. The normalized spacial score (nSPS) is 11.4. The van der Waals surface area contributed by atoms with Crippen LogP contribution in [0.2, 0.25) is 0 Å². The average Bonchev–Trinajstić information content (AvgIpc) is 3.48. The second kappa shape index (κ2) is 14.2. The minimum Gasteiger partial charge on any atom is -0.508 e. The third kappa shape index (κ3) is 7.89. The van der Waals surface area contributed by atoms with Gasteiger partial charge in [0.2, 0.25) is 0 Å². The number of hydrogen-bond acceptors (Lipinski definition) is 6. The highest BCUT2D eigenvalue weighted by molar-refractivity contribution is 7.98. The smallest absolute Gasteiger partial charge is 0.320 e. The van der Waals surface area contributed by atoms with Crippen molar-refractivity contribution in [3.63, 3.8) is 0 Å². The molecule has 2 heterocycles. The molecule has 0 unspecified atom stereocenters. The quantitative estimate of drug-likeness (QED) is 0.137. The molecule has 2 amide bonds. The van der Waals surface area contributed by atoms with Crippen LogP contribution < -0.4 is 20.9 Å². The van der Waals surface area contributed by atoms with Crippen molar-refractivity contribution in [2.75, 3.05) is 11.6 Å². The van der Waals surface area contributed by atoms with Gasteiger partial charge in [0.15, 0.2) is 0 Å². The highest BCUT2D eigenvalue weighted by Gasteiger charge is 2.22. The predicted molar refractivity (Wildman–Crippen MR) is 188 cm³/mol. The lowest BCUT2D eigenvalue weighted by Crippen LogP contribution is -2.29. The van der Waals surface area contributed by atoms with Gasteiger partial charge in [-0.25, -0.2) is 9.48 Å². The van der Waals surface area contributed by atoms with Gasteiger partial charge in [-0.3, -0.25) is 10.1 Å². The number of nitrogens with zero attached hydrogens (tertiary/aromatic N) is 3. The van der Waals surface area contributed by atoms with Crippen LogP contribution in [-0.4, -0.2) is 31.7 Å². The number of hydrogen-bond donors (Lipinski definition) is 3. The third-order valence-electron chi connectivity index (χ3n) is 7.96. The van der Waals surface area contributed by atoms with Gasteiger partial charge in [0.1, 0.15) is 23.9 Å². The fourth-order valence-corrected chi connectivity index (χ4v) is 5.82. The minimum atomic E-state index is -0.402. The van der Waals surface area contributed by atoms with Crippen LogP contribution in [0.1, 0.15) is 54.4 Å². The summed E-state index contributed by atoms with van der Waals surface area (Å²) in [6, 6.07) is 25.9. The number of benzene rings is 3. The van der Waals surface area contributed by atoms with Crippen LogP contribution in [0, 0.1) is 13.8 Å². The molecule has 0 spiro atoms. The third-order valence-corrected chi connectivity index (χ3v) is 8.80. The van der Waals surface area contributed by atoms with Crippen LogP contribution in [0.25, 0.3) is 5.69 Å². The molecule has 10 heteroatoms. The molecule has 0 aliphatic rings. The van der Waals surface area contributed by atoms with Gasteiger partial charge in [-0.05, 0) is 61.1 Å². The number of anilines is 1. The van der Waals surface area contributed by atoms with Crippen LogP contribution in [0.3, 0.4) is 0 Å². The van der Waals surface area contributed by atoms with Crippen molar-refractivity contribution in [3.05, 3.63) is 129 Å². The van der Waals surface area contributed by atoms with E-state index in [0.717, 1.165) is 33.0 Å². The summed E-state index contributed by atoms with van der Waals surface area (Å²) < 4.78 is 9.60. The highest BCUT2D eigenvalue weighted by Crippen LogP contribution is 2.28. The Balaban J connectivity index is 1.28. The Labute approximate surface area is 279 Å². The maximum Gasteiger partial charge on any atom is 0.320 e. The molecule has 0 aliphatic heterocycles. The lowest BCUT2D eigenvalue weighted by Gasteiger charge is -2.17. The number of aromatic nitrogens is 3. The zero-order valence-electron chi connectivity index (χ0n) is 27.6. The molecule has 244 valence electrons. The number of pyridine rings is 1. The van der Waals surface area contributed by atoms with E-state index in [1.807, 2.05) is 88.5 Å². The van der Waals surface area contributed by atoms with E-state index >= 15 is 0 Å². The van der Waals surface area contributed by atoms with E-state index in [0.29, 0.717) is 29.4 Å². The molecule has 0 saturated carbocycles. The van der Waals surface area contributed by atoms with Crippen LogP contribution in [-0.2, 0) is 25.1 Å². The Kier molecular flexibility index (Phi) is 10.1. The van der Waals surface area contributed by atoms with E-state index in [1.165, 1.54) is 0 Å². The molecular formula is C37H41N5O4S. The molecule has 0 bridgehead atoms. The van der Waals surface area contributed by atoms with E-state index in [2.05, 4.69) is 22.8 Å². The van der Waals surface area contributed by atoms with Crippen molar-refractivity contribution in [2.24, 2.45) is 0 Å². The molecule has 0 radical (unpaired) electrons. The van der Waals surface area contributed by atoms with Crippen LogP contribution in [0.4, 0.5) is 10.6 Å². The van der Waals surface area contributed by atoms with Crippen LogP contribution in [0.15, 0.2) is 94.6 Å². The molecule has 0 atom stereocenters. The van der Waals surface area contributed by atoms with Crippen molar-refractivity contribution in [1.82, 2.24) is 19.7 Å². The second-order valence-electron chi connectivity index (χ2n) is 12.4. The average molecular weight is 652 g/mol. The van der Waals surface area contributed by atoms with E-state index < -0.39 is 6.03 Å². The Bertz CT molecular complexity index is 1960. The SMILES string of the molecule is CSc1ccccc1Cn1c(C)cc(OCc2ccccc2CNC(=O)Nc2cc(C(C)(C)C)nn2-c2cccc(O)c2)c(C)c1=O. The number of rotatable bonds is 10. The van der Waals surface area contributed by atoms with Crippen molar-refractivity contribution in [2.45, 2.75) is 64.6 Å². The van der Waals surface area contributed by atoms with E-state index in [1.54, 1.807) is 46.1 Å². The second-order valence-corrected chi connectivity index (χ2v) is 13.3. The molecule has 5 aromatic rings. The summed E-state index contributed by atoms with van der Waals surface area (Å²) in [7, 11) is 0. The number of aromatic hydroxyl groups is 1. The number of thioether (sulfide) groups is 1. The van der Waals surface area contributed by atoms with Gasteiger partial charge in [-0.2, -0.15) is 5.10 Å². The molecule has 3 aromatic carbocycles. The van der Waals surface area contributed by atoms with Gasteiger partial charge >= 0.3 is 6.03 Å². The molecule has 2 aromatic heterocycles. The number of aryl methyl sites for hydroxylation is 1. The lowest BCUT2D eigenvalue weighted by atomic mass is 9.92. The summed E-state index contributed by atoms with van der Waals surface area (Å²) in [6.07, 6.45) is 2.04. The summed E-state index contributed by atoms with van der Waals surface area (Å²) >= 11 is 1.67. The Morgan fingerprint density at radius 3 is 2.34 bits per heavy atom. The minimum absolute atomic E-state index is 0.0814. The Hall–Kier alpha value is -4.96. The van der Waals surface area contributed by atoms with E-state index in [-0.39, 0.29) is 29.9 Å². The summed E-state index contributed by atoms with van der Waals surface area (Å²) in [6.45, 7) is 10.8. The van der Waals surface area contributed by atoms with Crippen LogP contribution in [0.5, 0.6) is 11.5 Å². The van der Waals surface area contributed by atoms with Gasteiger partial charge < -0.3 is 19.7 Å². The number of carbonyl (C=O) groups is 1. The first-order valence-corrected chi connectivity index (χ1v) is 16.6. The number of amides is 2. The van der Waals surface area contributed by atoms with Crippen molar-refractivity contribution < 1.29 is 14.6 Å². The number of phenols is 1. The van der Waals surface area contributed by atoms with E-state index in [9.17, 15) is 14.7 Å². The highest BCUT2D eigenvalue weighted by atomic mass is 32.2. The molecular weight excluding hydrogens is 611 g/mol.